The fourth-order valence-electron chi connectivity index (χ4n) is 3.23. The van der Waals surface area contributed by atoms with Gasteiger partial charge in [-0.3, -0.25) is 0 Å². The lowest BCUT2D eigenvalue weighted by Gasteiger charge is -2.48. The highest BCUT2D eigenvalue weighted by Gasteiger charge is 2.55. The van der Waals surface area contributed by atoms with E-state index in [9.17, 15) is 0 Å². The molecule has 0 aromatic rings. The van der Waals surface area contributed by atoms with Crippen molar-refractivity contribution in [2.75, 3.05) is 0 Å². The first-order chi connectivity index (χ1) is 9.60. The summed E-state index contributed by atoms with van der Waals surface area (Å²) < 4.78 is 20.0. The van der Waals surface area contributed by atoms with Gasteiger partial charge in [0.25, 0.3) is 0 Å². The van der Waals surface area contributed by atoms with Crippen molar-refractivity contribution in [1.29, 1.82) is 0 Å². The molecular weight excluding hydrogens is 328 g/mol. The van der Waals surface area contributed by atoms with Gasteiger partial charge in [0.1, 0.15) is 19.5 Å². The quantitative estimate of drug-likeness (QED) is 0.550. The molecule has 0 heterocycles. The second-order valence-corrected chi connectivity index (χ2v) is 18.8. The van der Waals surface area contributed by atoms with Gasteiger partial charge in [-0.15, -0.1) is 0 Å². The van der Waals surface area contributed by atoms with Crippen molar-refractivity contribution in [2.24, 2.45) is 0 Å². The molecule has 0 aliphatic heterocycles. The fourth-order valence-corrected chi connectivity index (χ4v) is 22.1. The first kappa shape index (κ1) is 21.7. The Hall–Kier alpha value is 0.748. The third-order valence-corrected chi connectivity index (χ3v) is 19.2. The minimum absolute atomic E-state index is 0.469. The Morgan fingerprint density at radius 3 is 0.952 bits per heavy atom. The summed E-state index contributed by atoms with van der Waals surface area (Å²) in [5, 5.41) is 0. The molecule has 0 aliphatic carbocycles. The van der Waals surface area contributed by atoms with Crippen LogP contribution in [0, 0.1) is 0 Å². The van der Waals surface area contributed by atoms with Gasteiger partial charge in [-0.25, -0.2) is 0 Å². The van der Waals surface area contributed by atoms with Crippen molar-refractivity contribution in [3.05, 3.63) is 0 Å². The molecule has 0 saturated heterocycles. The van der Waals surface area contributed by atoms with E-state index in [1.165, 1.54) is 0 Å². The van der Waals surface area contributed by atoms with E-state index in [0.717, 1.165) is 0 Å². The minimum atomic E-state index is -2.23. The summed E-state index contributed by atoms with van der Waals surface area (Å²) in [5.41, 5.74) is 1.88. The molecule has 0 N–H and O–H groups in total. The highest BCUT2D eigenvalue weighted by Crippen LogP contribution is 2.43. The van der Waals surface area contributed by atoms with Crippen LogP contribution in [0.5, 0.6) is 0 Å². The van der Waals surface area contributed by atoms with Gasteiger partial charge in [-0.1, -0.05) is 68.5 Å². The molecule has 0 unspecified atom stereocenters. The predicted octanol–water partition coefficient (Wildman–Crippen LogP) is 3.82. The zero-order valence-corrected chi connectivity index (χ0v) is 20.8. The van der Waals surface area contributed by atoms with Gasteiger partial charge in [-0.05, 0) is 22.2 Å². The van der Waals surface area contributed by atoms with Crippen molar-refractivity contribution >= 4 is 36.6 Å². The second kappa shape index (κ2) is 9.14. The van der Waals surface area contributed by atoms with Crippen molar-refractivity contribution in [3.8, 4) is 0 Å². The zero-order valence-electron chi connectivity index (χ0n) is 15.9. The van der Waals surface area contributed by atoms with Gasteiger partial charge in [0.05, 0.1) is 0 Å². The van der Waals surface area contributed by atoms with E-state index in [0.29, 0.717) is 22.2 Å². The molecule has 0 fully saturated rings. The van der Waals surface area contributed by atoms with Crippen LogP contribution in [0.25, 0.3) is 0 Å². The molecule has 0 aliphatic rings. The van der Waals surface area contributed by atoms with Crippen molar-refractivity contribution in [2.45, 2.75) is 90.6 Å². The Kier molecular flexibility index (Phi) is 9.47. The standard InChI is InChI=1S/C14H38O3Si4/c1-11(2)20(12(3)4,15-18-9)17-21(13(5)6,14(7)8)16-19-10/h11-14H,18-19H2,1-10H3. The van der Waals surface area contributed by atoms with Crippen LogP contribution in [0.1, 0.15) is 55.4 Å². The summed E-state index contributed by atoms with van der Waals surface area (Å²) >= 11 is 0. The lowest BCUT2D eigenvalue weighted by atomic mass is 10.5. The maximum atomic E-state index is 7.06. The smallest absolute Gasteiger partial charge is 0.324 e. The van der Waals surface area contributed by atoms with Crippen LogP contribution in [0.3, 0.4) is 0 Å². The normalized spacial score (nSPS) is 15.1. The molecule has 0 amide bonds. The van der Waals surface area contributed by atoms with E-state index in [1.54, 1.807) is 0 Å². The summed E-state index contributed by atoms with van der Waals surface area (Å²) in [6, 6.07) is 0. The lowest BCUT2D eigenvalue weighted by Crippen LogP contribution is -2.61. The first-order valence-electron chi connectivity index (χ1n) is 8.58. The number of hydrogen-bond donors (Lipinski definition) is 0. The molecule has 0 atom stereocenters. The van der Waals surface area contributed by atoms with E-state index in [-0.39, 0.29) is 0 Å². The van der Waals surface area contributed by atoms with Crippen LogP contribution in [-0.2, 0) is 12.3 Å². The van der Waals surface area contributed by atoms with Gasteiger partial charge in [0.15, 0.2) is 0 Å². The summed E-state index contributed by atoms with van der Waals surface area (Å²) in [6.45, 7) is 22.7. The summed E-state index contributed by atoms with van der Waals surface area (Å²) in [4.78, 5) is 0. The van der Waals surface area contributed by atoms with Gasteiger partial charge in [0, 0.05) is 0 Å². The van der Waals surface area contributed by atoms with Gasteiger partial charge >= 0.3 is 17.1 Å². The average Bonchev–Trinajstić information content (AvgIpc) is 2.35. The SMILES string of the molecule is C[SiH2]O[Si](O[Si](O[SiH2]C)(C(C)C)C(C)C)(C(C)C)C(C)C. The molecule has 0 saturated carbocycles. The van der Waals surface area contributed by atoms with Crippen molar-refractivity contribution in [3.63, 3.8) is 0 Å². The van der Waals surface area contributed by atoms with Crippen LogP contribution >= 0.6 is 0 Å². The summed E-state index contributed by atoms with van der Waals surface area (Å²) in [5.74, 6) is 0. The first-order valence-corrected chi connectivity index (χ1v) is 16.5. The number of hydrogen-bond acceptors (Lipinski definition) is 3. The number of rotatable bonds is 10. The maximum Gasteiger partial charge on any atom is 0.324 e. The molecule has 0 bridgehead atoms. The molecule has 0 spiro atoms. The predicted molar refractivity (Wildman–Crippen MR) is 104 cm³/mol. The summed E-state index contributed by atoms with van der Waals surface area (Å²) in [7, 11) is -5.44. The monoisotopic (exact) mass is 366 g/mol. The lowest BCUT2D eigenvalue weighted by molar-refractivity contribution is 0.284. The molecular formula is C14H38O3Si4. The van der Waals surface area contributed by atoms with E-state index in [1.807, 2.05) is 0 Å². The molecule has 0 rings (SSSR count). The maximum absolute atomic E-state index is 7.06. The Morgan fingerprint density at radius 1 is 0.571 bits per heavy atom. The highest BCUT2D eigenvalue weighted by molar-refractivity contribution is 6.86. The average molecular weight is 367 g/mol. The Labute approximate surface area is 139 Å². The molecule has 128 valence electrons. The van der Waals surface area contributed by atoms with Gasteiger partial charge in [0.2, 0.25) is 0 Å². The molecule has 3 nitrogen and oxygen atoms in total. The van der Waals surface area contributed by atoms with Crippen LogP contribution in [-0.4, -0.2) is 36.6 Å². The van der Waals surface area contributed by atoms with E-state index >= 15 is 0 Å². The zero-order chi connectivity index (χ0) is 16.8. The Morgan fingerprint density at radius 2 is 0.810 bits per heavy atom. The van der Waals surface area contributed by atoms with Crippen LogP contribution < -0.4 is 0 Å². The molecule has 0 aromatic carbocycles. The third kappa shape index (κ3) is 4.86. The summed E-state index contributed by atoms with van der Waals surface area (Å²) in [6.07, 6.45) is 0. The Balaban J connectivity index is 5.79. The minimum Gasteiger partial charge on any atom is -0.442 e. The van der Waals surface area contributed by atoms with E-state index in [4.69, 9.17) is 12.3 Å². The van der Waals surface area contributed by atoms with Crippen LogP contribution in [0.4, 0.5) is 0 Å². The van der Waals surface area contributed by atoms with E-state index < -0.39 is 36.6 Å². The second-order valence-electron chi connectivity index (χ2n) is 7.03. The molecule has 0 radical (unpaired) electrons. The Bertz CT molecular complexity index is 252. The van der Waals surface area contributed by atoms with Crippen molar-refractivity contribution in [1.82, 2.24) is 0 Å². The highest BCUT2D eigenvalue weighted by atomic mass is 28.5. The van der Waals surface area contributed by atoms with Gasteiger partial charge in [-0.2, -0.15) is 0 Å². The van der Waals surface area contributed by atoms with Gasteiger partial charge < -0.3 is 12.3 Å². The van der Waals surface area contributed by atoms with Crippen LogP contribution in [0.2, 0.25) is 35.3 Å². The molecule has 0 aromatic heterocycles. The van der Waals surface area contributed by atoms with Crippen LogP contribution in [0.15, 0.2) is 0 Å². The topological polar surface area (TPSA) is 27.7 Å². The largest absolute Gasteiger partial charge is 0.442 e. The molecule has 21 heavy (non-hydrogen) atoms. The fraction of sp³-hybridized carbons (Fsp3) is 1.00. The molecule has 7 heteroatoms. The third-order valence-electron chi connectivity index (χ3n) is 4.28. The van der Waals surface area contributed by atoms with Crippen molar-refractivity contribution < 1.29 is 12.3 Å². The van der Waals surface area contributed by atoms with E-state index in [2.05, 4.69) is 68.5 Å².